The predicted octanol–water partition coefficient (Wildman–Crippen LogP) is 5.20. The quantitative estimate of drug-likeness (QED) is 0.359. The second-order valence-corrected chi connectivity index (χ2v) is 9.61. The number of nitrogens with zero attached hydrogens (tertiary/aromatic N) is 2. The fraction of sp³-hybridized carbons (Fsp3) is 0.269. The summed E-state index contributed by atoms with van der Waals surface area (Å²) in [7, 11) is 2.02. The average molecular weight is 496 g/mol. The van der Waals surface area contributed by atoms with Crippen LogP contribution in [0.4, 0.5) is 11.4 Å². The molecule has 2 heterocycles. The van der Waals surface area contributed by atoms with Gasteiger partial charge >= 0.3 is 0 Å². The molecule has 0 atom stereocenters. The Morgan fingerprint density at radius 1 is 1.18 bits per heavy atom. The van der Waals surface area contributed by atoms with Crippen molar-refractivity contribution in [2.75, 3.05) is 23.5 Å². The maximum atomic E-state index is 13.4. The first-order valence-corrected chi connectivity index (χ1v) is 11.7. The van der Waals surface area contributed by atoms with E-state index in [0.717, 1.165) is 16.8 Å². The van der Waals surface area contributed by atoms with Gasteiger partial charge in [-0.15, -0.1) is 0 Å². The van der Waals surface area contributed by atoms with Crippen LogP contribution in [0.5, 0.6) is 5.75 Å². The lowest BCUT2D eigenvalue weighted by Crippen LogP contribution is -2.54. The van der Waals surface area contributed by atoms with E-state index in [1.165, 1.54) is 11.0 Å². The molecule has 2 aliphatic heterocycles. The largest absolute Gasteiger partial charge is 0.494 e. The number of rotatable bonds is 4. The Bertz CT molecular complexity index is 1260. The SMILES string of the molecule is CCOc1ccc(N2C(=O)/C(=C\c3cc4c(cc3Cl)N(C)C(C)(C)C=C4C)C(=O)NC2=S)cc1. The number of halogens is 1. The number of fused-ring (bicyclic) bond motifs is 1. The summed E-state index contributed by atoms with van der Waals surface area (Å²) in [5.74, 6) is -0.396. The van der Waals surface area contributed by atoms with Crippen LogP contribution < -0.4 is 19.9 Å². The number of benzene rings is 2. The third-order valence-electron chi connectivity index (χ3n) is 6.14. The molecule has 6 nitrogen and oxygen atoms in total. The molecule has 0 unspecified atom stereocenters. The van der Waals surface area contributed by atoms with Crippen molar-refractivity contribution in [3.8, 4) is 5.75 Å². The van der Waals surface area contributed by atoms with Crippen LogP contribution >= 0.6 is 23.8 Å². The van der Waals surface area contributed by atoms with Crippen LogP contribution in [0.3, 0.4) is 0 Å². The average Bonchev–Trinajstić information content (AvgIpc) is 2.76. The molecule has 0 bridgehead atoms. The zero-order chi connectivity index (χ0) is 24.8. The molecular weight excluding hydrogens is 470 g/mol. The van der Waals surface area contributed by atoms with E-state index in [1.54, 1.807) is 24.3 Å². The highest BCUT2D eigenvalue weighted by Gasteiger charge is 2.35. The van der Waals surface area contributed by atoms with E-state index < -0.39 is 11.8 Å². The Labute approximate surface area is 209 Å². The molecule has 4 rings (SSSR count). The van der Waals surface area contributed by atoms with Gasteiger partial charge in [-0.1, -0.05) is 17.7 Å². The molecule has 1 N–H and O–H groups in total. The van der Waals surface area contributed by atoms with Crippen LogP contribution in [0.25, 0.3) is 11.6 Å². The normalized spacial score (nSPS) is 18.6. The first-order chi connectivity index (χ1) is 16.0. The number of thiocarbonyl (C=S) groups is 1. The molecule has 2 aliphatic rings. The number of ether oxygens (including phenoxy) is 1. The third kappa shape index (κ3) is 4.21. The molecule has 2 amide bonds. The van der Waals surface area contributed by atoms with Gasteiger partial charge in [0.15, 0.2) is 5.11 Å². The van der Waals surface area contributed by atoms with Gasteiger partial charge < -0.3 is 9.64 Å². The van der Waals surface area contributed by atoms with Crippen LogP contribution in [0.1, 0.15) is 38.8 Å². The highest BCUT2D eigenvalue weighted by molar-refractivity contribution is 7.80. The van der Waals surface area contributed by atoms with Crippen LogP contribution in [-0.2, 0) is 9.59 Å². The minimum atomic E-state index is -0.559. The number of nitrogens with one attached hydrogen (secondary N) is 1. The van der Waals surface area contributed by atoms with Crippen molar-refractivity contribution in [2.24, 2.45) is 0 Å². The summed E-state index contributed by atoms with van der Waals surface area (Å²) in [6.45, 7) is 8.74. The van der Waals surface area contributed by atoms with Crippen molar-refractivity contribution in [2.45, 2.75) is 33.2 Å². The van der Waals surface area contributed by atoms with Crippen LogP contribution in [0.15, 0.2) is 48.0 Å². The highest BCUT2D eigenvalue weighted by atomic mass is 35.5. The van der Waals surface area contributed by atoms with Gasteiger partial charge in [-0.2, -0.15) is 0 Å². The first kappa shape index (κ1) is 24.0. The lowest BCUT2D eigenvalue weighted by molar-refractivity contribution is -0.122. The van der Waals surface area contributed by atoms with Crippen molar-refractivity contribution in [3.05, 3.63) is 64.2 Å². The summed E-state index contributed by atoms with van der Waals surface area (Å²) in [6, 6.07) is 10.7. The lowest BCUT2D eigenvalue weighted by atomic mass is 9.88. The third-order valence-corrected chi connectivity index (χ3v) is 6.75. The van der Waals surface area contributed by atoms with Gasteiger partial charge in [-0.25, -0.2) is 0 Å². The smallest absolute Gasteiger partial charge is 0.270 e. The van der Waals surface area contributed by atoms with Gasteiger partial charge in [-0.3, -0.25) is 19.8 Å². The molecular formula is C26H26ClN3O3S. The van der Waals surface area contributed by atoms with E-state index in [2.05, 4.69) is 30.1 Å². The Kier molecular flexibility index (Phi) is 6.27. The summed E-state index contributed by atoms with van der Waals surface area (Å²) in [5.41, 5.74) is 4.01. The zero-order valence-corrected chi connectivity index (χ0v) is 21.3. The number of allylic oxidation sites excluding steroid dienone is 1. The van der Waals surface area contributed by atoms with E-state index in [-0.39, 0.29) is 16.2 Å². The molecule has 0 aliphatic carbocycles. The first-order valence-electron chi connectivity index (χ1n) is 10.9. The number of carbonyl (C=O) groups excluding carboxylic acids is 2. The molecule has 1 fully saturated rings. The van der Waals surface area contributed by atoms with Gasteiger partial charge in [0.05, 0.1) is 17.8 Å². The van der Waals surface area contributed by atoms with Gasteiger partial charge in [0, 0.05) is 23.3 Å². The van der Waals surface area contributed by atoms with Crippen molar-refractivity contribution < 1.29 is 14.3 Å². The van der Waals surface area contributed by atoms with Gasteiger partial charge in [0.2, 0.25) is 0 Å². The van der Waals surface area contributed by atoms with E-state index in [1.807, 2.05) is 33.0 Å². The lowest BCUT2D eigenvalue weighted by Gasteiger charge is -2.40. The molecule has 34 heavy (non-hydrogen) atoms. The summed E-state index contributed by atoms with van der Waals surface area (Å²) in [6.07, 6.45) is 3.71. The van der Waals surface area contributed by atoms with Crippen molar-refractivity contribution in [1.82, 2.24) is 5.32 Å². The fourth-order valence-electron chi connectivity index (χ4n) is 4.20. The second kappa shape index (κ2) is 8.89. The molecule has 176 valence electrons. The van der Waals surface area contributed by atoms with Crippen LogP contribution in [0.2, 0.25) is 5.02 Å². The molecule has 2 aromatic rings. The molecule has 0 radical (unpaired) electrons. The van der Waals surface area contributed by atoms with Crippen LogP contribution in [0, 0.1) is 0 Å². The van der Waals surface area contributed by atoms with Crippen molar-refractivity contribution in [3.63, 3.8) is 0 Å². The van der Waals surface area contributed by atoms with E-state index in [9.17, 15) is 9.59 Å². The Morgan fingerprint density at radius 3 is 2.50 bits per heavy atom. The second-order valence-electron chi connectivity index (χ2n) is 8.82. The van der Waals surface area contributed by atoms with Gasteiger partial charge in [0.25, 0.3) is 11.8 Å². The summed E-state index contributed by atoms with van der Waals surface area (Å²) >= 11 is 11.9. The Morgan fingerprint density at radius 2 is 1.85 bits per heavy atom. The van der Waals surface area contributed by atoms with E-state index in [4.69, 9.17) is 28.6 Å². The molecule has 0 saturated carbocycles. The number of likely N-dealkylation sites (N-methyl/N-ethyl adjacent to an activating group) is 1. The number of hydrogen-bond donors (Lipinski definition) is 1. The number of amides is 2. The highest BCUT2D eigenvalue weighted by Crippen LogP contribution is 2.41. The molecule has 0 spiro atoms. The van der Waals surface area contributed by atoms with E-state index in [0.29, 0.717) is 28.6 Å². The van der Waals surface area contributed by atoms with Gasteiger partial charge in [-0.05, 0) is 93.5 Å². The zero-order valence-electron chi connectivity index (χ0n) is 19.7. The number of carbonyl (C=O) groups is 2. The van der Waals surface area contributed by atoms with Crippen molar-refractivity contribution >= 4 is 63.8 Å². The maximum absolute atomic E-state index is 13.4. The summed E-state index contributed by atoms with van der Waals surface area (Å²) in [5, 5.41) is 3.08. The predicted molar refractivity (Wildman–Crippen MR) is 141 cm³/mol. The van der Waals surface area contributed by atoms with Gasteiger partial charge in [0.1, 0.15) is 11.3 Å². The molecule has 8 heteroatoms. The molecule has 2 aromatic carbocycles. The minimum Gasteiger partial charge on any atom is -0.494 e. The van der Waals surface area contributed by atoms with Crippen molar-refractivity contribution in [1.29, 1.82) is 0 Å². The van der Waals surface area contributed by atoms with Crippen LogP contribution in [-0.4, -0.2) is 36.1 Å². The Balaban J connectivity index is 1.74. The Hall–Kier alpha value is -3.16. The summed E-state index contributed by atoms with van der Waals surface area (Å²) in [4.78, 5) is 29.6. The monoisotopic (exact) mass is 495 g/mol. The fourth-order valence-corrected chi connectivity index (χ4v) is 4.70. The minimum absolute atomic E-state index is 0.0236. The summed E-state index contributed by atoms with van der Waals surface area (Å²) < 4.78 is 5.47. The number of anilines is 2. The molecule has 0 aromatic heterocycles. The maximum Gasteiger partial charge on any atom is 0.270 e. The molecule has 1 saturated heterocycles. The number of hydrogen-bond acceptors (Lipinski definition) is 5. The topological polar surface area (TPSA) is 61.9 Å². The van der Waals surface area contributed by atoms with E-state index >= 15 is 0 Å². The standard InChI is InChI=1S/C26H26ClN3O3S/c1-6-33-18-9-7-17(8-10-18)30-24(32)20(23(31)28-25(30)34)12-16-11-19-15(2)14-26(3,4)29(5)22(19)13-21(16)27/h7-14H,6H2,1-5H3,(H,28,31,34)/b20-12-.